The summed E-state index contributed by atoms with van der Waals surface area (Å²) in [7, 11) is 0. The molecule has 0 aliphatic carbocycles. The third-order valence-corrected chi connectivity index (χ3v) is 7.23. The molecule has 1 fully saturated rings. The summed E-state index contributed by atoms with van der Waals surface area (Å²) in [6.45, 7) is 7.60. The largest absolute Gasteiger partial charge is 0.301 e. The number of hydrogen-bond donors (Lipinski definition) is 0. The Balaban J connectivity index is 1.15. The molecule has 10 heteroatoms. The van der Waals surface area contributed by atoms with Crippen LogP contribution >= 0.6 is 0 Å². The van der Waals surface area contributed by atoms with E-state index in [-0.39, 0.29) is 5.56 Å². The molecule has 1 saturated heterocycles. The Morgan fingerprint density at radius 3 is 2.33 bits per heavy atom. The molecule has 10 nitrogen and oxygen atoms in total. The van der Waals surface area contributed by atoms with Gasteiger partial charge in [-0.1, -0.05) is 25.1 Å². The van der Waals surface area contributed by atoms with E-state index >= 15 is 0 Å². The van der Waals surface area contributed by atoms with E-state index < -0.39 is 0 Å². The Hall–Kier alpha value is -4.44. The van der Waals surface area contributed by atoms with Gasteiger partial charge in [0.25, 0.3) is 5.56 Å². The van der Waals surface area contributed by atoms with Gasteiger partial charge in [-0.05, 0) is 50.0 Å². The van der Waals surface area contributed by atoms with Gasteiger partial charge in [-0.15, -0.1) is 0 Å². The minimum absolute atomic E-state index is 0.156. The highest BCUT2D eigenvalue weighted by atomic mass is 16.1. The fraction of sp³-hybridized carbons (Fsp3) is 0.333. The lowest BCUT2D eigenvalue weighted by Gasteiger charge is -2.13. The molecule has 1 aliphatic heterocycles. The lowest BCUT2D eigenvalue weighted by molar-refractivity contribution is 0.316. The van der Waals surface area contributed by atoms with Crippen molar-refractivity contribution < 1.29 is 0 Å². The summed E-state index contributed by atoms with van der Waals surface area (Å²) in [5.41, 5.74) is 5.22. The van der Waals surface area contributed by atoms with E-state index in [2.05, 4.69) is 43.3 Å². The maximum atomic E-state index is 12.6. The lowest BCUT2D eigenvalue weighted by atomic mass is 10.1. The van der Waals surface area contributed by atoms with Crippen molar-refractivity contribution in [3.05, 3.63) is 89.5 Å². The van der Waals surface area contributed by atoms with Crippen LogP contribution in [0.1, 0.15) is 31.7 Å². The van der Waals surface area contributed by atoms with E-state index in [1.807, 2.05) is 58.4 Å². The number of aryl methyl sites for hydroxylation is 1. The SMILES string of the molecule is CCCn1cc(-c2ccc(=O)n(Cc3cccc(-c4ncc(-c5cnn(CCN6CCCC6)c5)cn4)c3)n2)cn1. The van der Waals surface area contributed by atoms with Crippen molar-refractivity contribution in [2.45, 2.75) is 45.8 Å². The minimum Gasteiger partial charge on any atom is -0.301 e. The van der Waals surface area contributed by atoms with Crippen LogP contribution in [0.4, 0.5) is 0 Å². The van der Waals surface area contributed by atoms with Gasteiger partial charge in [-0.3, -0.25) is 14.2 Å². The molecule has 0 N–H and O–H groups in total. The van der Waals surface area contributed by atoms with Gasteiger partial charge in [0.05, 0.1) is 31.2 Å². The van der Waals surface area contributed by atoms with E-state index in [0.29, 0.717) is 12.4 Å². The molecule has 1 aliphatic rings. The second kappa shape index (κ2) is 11.7. The molecule has 204 valence electrons. The molecule has 1 aromatic carbocycles. The highest BCUT2D eigenvalue weighted by Gasteiger charge is 2.12. The first-order valence-electron chi connectivity index (χ1n) is 13.9. The van der Waals surface area contributed by atoms with Crippen LogP contribution in [0.3, 0.4) is 0 Å². The highest BCUT2D eigenvalue weighted by Crippen LogP contribution is 2.21. The Morgan fingerprint density at radius 1 is 0.775 bits per heavy atom. The molecule has 0 atom stereocenters. The fourth-order valence-electron chi connectivity index (χ4n) is 5.06. The van der Waals surface area contributed by atoms with E-state index in [4.69, 9.17) is 0 Å². The number of aromatic nitrogens is 8. The first-order valence-corrected chi connectivity index (χ1v) is 13.9. The second-order valence-electron chi connectivity index (χ2n) is 10.2. The van der Waals surface area contributed by atoms with Gasteiger partial charge >= 0.3 is 0 Å². The second-order valence-corrected chi connectivity index (χ2v) is 10.2. The molecule has 40 heavy (non-hydrogen) atoms. The van der Waals surface area contributed by atoms with Crippen LogP contribution in [0.15, 0.2) is 78.4 Å². The van der Waals surface area contributed by atoms with Crippen molar-refractivity contribution in [1.82, 2.24) is 44.2 Å². The minimum atomic E-state index is -0.156. The molecular formula is C30H33N9O. The summed E-state index contributed by atoms with van der Waals surface area (Å²) in [4.78, 5) is 24.3. The van der Waals surface area contributed by atoms with E-state index in [0.717, 1.165) is 59.6 Å². The number of nitrogens with zero attached hydrogens (tertiary/aromatic N) is 9. The van der Waals surface area contributed by atoms with E-state index in [1.165, 1.54) is 30.6 Å². The third kappa shape index (κ3) is 5.91. The Labute approximate surface area is 232 Å². The lowest BCUT2D eigenvalue weighted by Crippen LogP contribution is -2.24. The van der Waals surface area contributed by atoms with Crippen molar-refractivity contribution in [3.63, 3.8) is 0 Å². The summed E-state index contributed by atoms with van der Waals surface area (Å²) < 4.78 is 5.37. The first-order chi connectivity index (χ1) is 19.6. The van der Waals surface area contributed by atoms with Gasteiger partial charge in [-0.25, -0.2) is 14.6 Å². The van der Waals surface area contributed by atoms with Gasteiger partial charge in [-0.2, -0.15) is 15.3 Å². The van der Waals surface area contributed by atoms with Crippen molar-refractivity contribution in [1.29, 1.82) is 0 Å². The molecule has 0 saturated carbocycles. The Morgan fingerprint density at radius 2 is 1.52 bits per heavy atom. The number of hydrogen-bond acceptors (Lipinski definition) is 7. The average molecular weight is 536 g/mol. The Bertz CT molecular complexity index is 1630. The van der Waals surface area contributed by atoms with Crippen LogP contribution in [-0.4, -0.2) is 63.8 Å². The standard InChI is InChI=1S/C30H33N9O/c1-2-10-37-22-27(19-34-37)28-8-9-29(40)39(35-28)20-23-6-5-7-24(15-23)30-31-16-25(17-32-30)26-18-33-38(21-26)14-13-36-11-3-4-12-36/h5-9,15-19,21-22H,2-4,10-14,20H2,1H3. The van der Waals surface area contributed by atoms with Crippen LogP contribution in [0.5, 0.6) is 0 Å². The van der Waals surface area contributed by atoms with Crippen LogP contribution in [0.25, 0.3) is 33.8 Å². The average Bonchev–Trinajstić information content (AvgIpc) is 3.76. The molecular weight excluding hydrogens is 502 g/mol. The zero-order valence-electron chi connectivity index (χ0n) is 22.7. The van der Waals surface area contributed by atoms with Crippen LogP contribution < -0.4 is 5.56 Å². The van der Waals surface area contributed by atoms with Crippen molar-refractivity contribution >= 4 is 0 Å². The topological polar surface area (TPSA) is 99.6 Å². The predicted octanol–water partition coefficient (Wildman–Crippen LogP) is 3.98. The zero-order chi connectivity index (χ0) is 27.3. The van der Waals surface area contributed by atoms with Crippen molar-refractivity contribution in [2.24, 2.45) is 0 Å². The van der Waals surface area contributed by atoms with Gasteiger partial charge < -0.3 is 4.90 Å². The van der Waals surface area contributed by atoms with Gasteiger partial charge in [0.15, 0.2) is 5.82 Å². The monoisotopic (exact) mass is 535 g/mol. The van der Waals surface area contributed by atoms with Crippen LogP contribution in [0.2, 0.25) is 0 Å². The number of likely N-dealkylation sites (tertiary alicyclic amines) is 1. The van der Waals surface area contributed by atoms with Crippen LogP contribution in [-0.2, 0) is 19.6 Å². The molecule has 6 rings (SSSR count). The fourth-order valence-corrected chi connectivity index (χ4v) is 5.06. The van der Waals surface area contributed by atoms with Crippen molar-refractivity contribution in [2.75, 3.05) is 19.6 Å². The smallest absolute Gasteiger partial charge is 0.267 e. The zero-order valence-corrected chi connectivity index (χ0v) is 22.7. The third-order valence-electron chi connectivity index (χ3n) is 7.23. The normalized spacial score (nSPS) is 13.7. The summed E-state index contributed by atoms with van der Waals surface area (Å²) in [5, 5.41) is 13.5. The van der Waals surface area contributed by atoms with E-state index in [1.54, 1.807) is 18.3 Å². The molecule has 0 amide bonds. The molecule has 0 bridgehead atoms. The predicted molar refractivity (Wildman–Crippen MR) is 153 cm³/mol. The maximum absolute atomic E-state index is 12.6. The molecule has 5 aromatic rings. The van der Waals surface area contributed by atoms with Gasteiger partial charge in [0.1, 0.15) is 0 Å². The quantitative estimate of drug-likeness (QED) is 0.267. The number of benzene rings is 1. The van der Waals surface area contributed by atoms with E-state index in [9.17, 15) is 4.79 Å². The Kier molecular flexibility index (Phi) is 7.58. The summed E-state index contributed by atoms with van der Waals surface area (Å²) in [6, 6.07) is 11.2. The van der Waals surface area contributed by atoms with Gasteiger partial charge in [0.2, 0.25) is 0 Å². The molecule has 5 heterocycles. The van der Waals surface area contributed by atoms with Crippen molar-refractivity contribution in [3.8, 4) is 33.8 Å². The first kappa shape index (κ1) is 25.8. The summed E-state index contributed by atoms with van der Waals surface area (Å²) in [5.74, 6) is 0.629. The highest BCUT2D eigenvalue weighted by molar-refractivity contribution is 5.62. The van der Waals surface area contributed by atoms with Gasteiger partial charge in [0, 0.05) is 66.2 Å². The number of rotatable bonds is 10. The molecule has 4 aromatic heterocycles. The molecule has 0 unspecified atom stereocenters. The maximum Gasteiger partial charge on any atom is 0.267 e. The van der Waals surface area contributed by atoms with Crippen LogP contribution in [0, 0.1) is 0 Å². The molecule has 0 spiro atoms. The summed E-state index contributed by atoms with van der Waals surface area (Å²) in [6.07, 6.45) is 14.9. The summed E-state index contributed by atoms with van der Waals surface area (Å²) >= 11 is 0. The molecule has 0 radical (unpaired) electrons.